The van der Waals surface area contributed by atoms with Crippen LogP contribution in [0, 0.1) is 0 Å². The summed E-state index contributed by atoms with van der Waals surface area (Å²) >= 11 is 0. The van der Waals surface area contributed by atoms with Gasteiger partial charge in [-0.2, -0.15) is 0 Å². The minimum Gasteiger partial charge on any atom is -0.463 e. The van der Waals surface area contributed by atoms with E-state index in [9.17, 15) is 0 Å². The Labute approximate surface area is 130 Å². The summed E-state index contributed by atoms with van der Waals surface area (Å²) in [5, 5.41) is 3.45. The lowest BCUT2D eigenvalue weighted by atomic mass is 10.1. The second-order valence-corrected chi connectivity index (χ2v) is 7.15. The molecule has 0 aliphatic heterocycles. The molecule has 1 N–H and O–H groups in total. The van der Waals surface area contributed by atoms with E-state index in [2.05, 4.69) is 76.0 Å². The highest BCUT2D eigenvalue weighted by atomic mass is 16.3. The molecule has 0 saturated carbocycles. The third-order valence-electron chi connectivity index (χ3n) is 3.53. The van der Waals surface area contributed by atoms with Gasteiger partial charge in [0.1, 0.15) is 11.5 Å². The minimum atomic E-state index is 0.114. The van der Waals surface area contributed by atoms with Crippen molar-refractivity contribution in [1.29, 1.82) is 0 Å². The number of nitrogens with zero attached hydrogens (tertiary/aromatic N) is 2. The van der Waals surface area contributed by atoms with Gasteiger partial charge in [0, 0.05) is 18.1 Å². The second kappa shape index (κ2) is 7.97. The Balaban J connectivity index is 2.55. The van der Waals surface area contributed by atoms with Gasteiger partial charge in [0.05, 0.1) is 13.1 Å². The fourth-order valence-electron chi connectivity index (χ4n) is 2.38. The first-order valence-corrected chi connectivity index (χ1v) is 7.92. The first-order chi connectivity index (χ1) is 9.71. The number of rotatable bonds is 8. The van der Waals surface area contributed by atoms with Crippen LogP contribution >= 0.6 is 0 Å². The van der Waals surface area contributed by atoms with Gasteiger partial charge in [0.25, 0.3) is 0 Å². The zero-order chi connectivity index (χ0) is 16.0. The summed E-state index contributed by atoms with van der Waals surface area (Å²) in [5.74, 6) is 2.06. The Morgan fingerprint density at radius 2 is 1.81 bits per heavy atom. The number of hydrogen-bond acceptors (Lipinski definition) is 4. The van der Waals surface area contributed by atoms with E-state index < -0.39 is 0 Å². The van der Waals surface area contributed by atoms with Crippen molar-refractivity contribution in [3.63, 3.8) is 0 Å². The predicted molar refractivity (Wildman–Crippen MR) is 89.4 cm³/mol. The molecule has 1 rings (SSSR count). The average Bonchev–Trinajstić information content (AvgIpc) is 2.79. The number of furan rings is 1. The van der Waals surface area contributed by atoms with Crippen molar-refractivity contribution >= 4 is 0 Å². The maximum atomic E-state index is 5.95. The second-order valence-electron chi connectivity index (χ2n) is 7.15. The topological polar surface area (TPSA) is 31.6 Å². The van der Waals surface area contributed by atoms with Gasteiger partial charge in [-0.1, -0.05) is 6.92 Å². The Hall–Kier alpha value is -0.840. The van der Waals surface area contributed by atoms with Gasteiger partial charge in [0.15, 0.2) is 0 Å². The first-order valence-electron chi connectivity index (χ1n) is 7.92. The first kappa shape index (κ1) is 18.2. The van der Waals surface area contributed by atoms with Crippen LogP contribution in [0.15, 0.2) is 16.5 Å². The third kappa shape index (κ3) is 7.11. The third-order valence-corrected chi connectivity index (χ3v) is 3.53. The zero-order valence-electron chi connectivity index (χ0n) is 14.9. The van der Waals surface area contributed by atoms with Gasteiger partial charge >= 0.3 is 0 Å². The van der Waals surface area contributed by atoms with Crippen LogP contribution < -0.4 is 5.32 Å². The number of likely N-dealkylation sites (N-methyl/N-ethyl adjacent to an activating group) is 2. The molecule has 0 aliphatic rings. The number of nitrogens with one attached hydrogen (secondary N) is 1. The molecule has 1 aromatic heterocycles. The molecule has 0 aromatic carbocycles. The molecule has 4 heteroatoms. The molecule has 21 heavy (non-hydrogen) atoms. The van der Waals surface area contributed by atoms with Crippen LogP contribution in [0.3, 0.4) is 0 Å². The van der Waals surface area contributed by atoms with Gasteiger partial charge in [-0.3, -0.25) is 4.90 Å². The summed E-state index contributed by atoms with van der Waals surface area (Å²) in [7, 11) is 4.24. The van der Waals surface area contributed by atoms with E-state index in [-0.39, 0.29) is 5.54 Å². The molecule has 1 unspecified atom stereocenters. The molecule has 0 spiro atoms. The lowest BCUT2D eigenvalue weighted by molar-refractivity contribution is 0.162. The lowest BCUT2D eigenvalue weighted by Crippen LogP contribution is -2.39. The van der Waals surface area contributed by atoms with Crippen molar-refractivity contribution in [2.24, 2.45) is 0 Å². The Morgan fingerprint density at radius 3 is 2.33 bits per heavy atom. The molecule has 122 valence electrons. The van der Waals surface area contributed by atoms with Gasteiger partial charge < -0.3 is 14.6 Å². The molecular formula is C17H33N3O. The minimum absolute atomic E-state index is 0.114. The summed E-state index contributed by atoms with van der Waals surface area (Å²) in [6.45, 7) is 14.7. The van der Waals surface area contributed by atoms with E-state index in [0.29, 0.717) is 6.04 Å². The van der Waals surface area contributed by atoms with E-state index in [1.54, 1.807) is 0 Å². The van der Waals surface area contributed by atoms with Crippen molar-refractivity contribution in [2.45, 2.75) is 59.3 Å². The summed E-state index contributed by atoms with van der Waals surface area (Å²) < 4.78 is 5.95. The summed E-state index contributed by atoms with van der Waals surface area (Å²) in [6.07, 6.45) is 0. The molecule has 4 nitrogen and oxygen atoms in total. The summed E-state index contributed by atoms with van der Waals surface area (Å²) in [6, 6.07) is 4.70. The molecule has 1 heterocycles. The van der Waals surface area contributed by atoms with Gasteiger partial charge in [-0.15, -0.1) is 0 Å². The van der Waals surface area contributed by atoms with Gasteiger partial charge in [-0.25, -0.2) is 0 Å². The molecule has 1 aromatic rings. The standard InChI is InChI=1S/C17H33N3O/c1-8-20(14(2)12-19(6)7)13-16-10-9-15(21-16)11-18-17(3,4)5/h9-10,14,18H,8,11-13H2,1-7H3. The molecule has 0 saturated heterocycles. The Kier molecular flexibility index (Phi) is 6.91. The quantitative estimate of drug-likeness (QED) is 0.799. The molecule has 0 amide bonds. The highest BCUT2D eigenvalue weighted by Crippen LogP contribution is 2.14. The van der Waals surface area contributed by atoms with Crippen molar-refractivity contribution in [3.8, 4) is 0 Å². The van der Waals surface area contributed by atoms with Crippen LogP contribution in [0.2, 0.25) is 0 Å². The molecule has 0 bridgehead atoms. The highest BCUT2D eigenvalue weighted by molar-refractivity contribution is 5.07. The van der Waals surface area contributed by atoms with Crippen LogP contribution in [0.5, 0.6) is 0 Å². The lowest BCUT2D eigenvalue weighted by Gasteiger charge is -2.29. The van der Waals surface area contributed by atoms with Gasteiger partial charge in [-0.05, 0) is 60.5 Å². The van der Waals surface area contributed by atoms with Crippen molar-refractivity contribution < 1.29 is 4.42 Å². The fraction of sp³-hybridized carbons (Fsp3) is 0.765. The van der Waals surface area contributed by atoms with Gasteiger partial charge in [0.2, 0.25) is 0 Å². The van der Waals surface area contributed by atoms with Crippen molar-refractivity contribution in [3.05, 3.63) is 23.7 Å². The van der Waals surface area contributed by atoms with Crippen LogP contribution in [-0.4, -0.2) is 48.6 Å². The monoisotopic (exact) mass is 295 g/mol. The predicted octanol–water partition coefficient (Wildman–Crippen LogP) is 2.94. The van der Waals surface area contributed by atoms with Crippen LogP contribution in [0.1, 0.15) is 46.1 Å². The normalized spacial score (nSPS) is 14.1. The maximum absolute atomic E-state index is 5.95. The number of hydrogen-bond donors (Lipinski definition) is 1. The fourth-order valence-corrected chi connectivity index (χ4v) is 2.38. The van der Waals surface area contributed by atoms with Crippen LogP contribution in [0.4, 0.5) is 0 Å². The van der Waals surface area contributed by atoms with E-state index in [0.717, 1.165) is 37.7 Å². The highest BCUT2D eigenvalue weighted by Gasteiger charge is 2.16. The Morgan fingerprint density at radius 1 is 1.19 bits per heavy atom. The average molecular weight is 295 g/mol. The molecule has 0 fully saturated rings. The zero-order valence-corrected chi connectivity index (χ0v) is 14.9. The largest absolute Gasteiger partial charge is 0.463 e. The maximum Gasteiger partial charge on any atom is 0.118 e. The molecule has 0 radical (unpaired) electrons. The Bertz CT molecular complexity index is 406. The van der Waals surface area contributed by atoms with Crippen molar-refractivity contribution in [1.82, 2.24) is 15.1 Å². The van der Waals surface area contributed by atoms with E-state index in [1.165, 1.54) is 0 Å². The summed E-state index contributed by atoms with van der Waals surface area (Å²) in [5.41, 5.74) is 0.114. The van der Waals surface area contributed by atoms with Crippen molar-refractivity contribution in [2.75, 3.05) is 27.2 Å². The molecule has 0 aliphatic carbocycles. The molecule has 1 atom stereocenters. The SMILES string of the molecule is CCN(Cc1ccc(CNC(C)(C)C)o1)C(C)CN(C)C. The van der Waals surface area contributed by atoms with Crippen LogP contribution in [-0.2, 0) is 13.1 Å². The smallest absolute Gasteiger partial charge is 0.118 e. The van der Waals surface area contributed by atoms with E-state index in [1.807, 2.05) is 0 Å². The van der Waals surface area contributed by atoms with Crippen LogP contribution in [0.25, 0.3) is 0 Å². The summed E-state index contributed by atoms with van der Waals surface area (Å²) in [4.78, 5) is 4.67. The molecular weight excluding hydrogens is 262 g/mol. The van der Waals surface area contributed by atoms with E-state index in [4.69, 9.17) is 4.42 Å². The van der Waals surface area contributed by atoms with E-state index >= 15 is 0 Å².